The maximum Gasteiger partial charge on any atom is 0.233 e. The fourth-order valence-electron chi connectivity index (χ4n) is 2.69. The van der Waals surface area contributed by atoms with E-state index >= 15 is 0 Å². The van der Waals surface area contributed by atoms with Crippen molar-refractivity contribution in [3.05, 3.63) is 30.1 Å². The zero-order valence-electron chi connectivity index (χ0n) is 11.4. The molecule has 6 nitrogen and oxygen atoms in total. The molecule has 1 aromatic rings. The van der Waals surface area contributed by atoms with Gasteiger partial charge in [0.25, 0.3) is 0 Å². The first-order chi connectivity index (χ1) is 9.69. The Bertz CT molecular complexity index is 481. The molecule has 0 saturated heterocycles. The number of carbonyl (C=O) groups is 1. The van der Waals surface area contributed by atoms with Crippen LogP contribution in [0.5, 0.6) is 0 Å². The molecule has 1 aliphatic carbocycles. The number of rotatable bonds is 5. The Morgan fingerprint density at radius 2 is 2.20 bits per heavy atom. The van der Waals surface area contributed by atoms with Crippen LogP contribution in [0.1, 0.15) is 31.4 Å². The lowest BCUT2D eigenvalue weighted by molar-refractivity contribution is -0.127. The fourth-order valence-corrected chi connectivity index (χ4v) is 2.69. The first-order valence-corrected chi connectivity index (χ1v) is 6.85. The number of amides is 1. The average molecular weight is 276 g/mol. The second-order valence-corrected chi connectivity index (χ2v) is 5.10. The highest BCUT2D eigenvalue weighted by Gasteiger charge is 2.45. The van der Waals surface area contributed by atoms with E-state index in [2.05, 4.69) is 15.5 Å². The number of hydrogen-bond acceptors (Lipinski definition) is 4. The number of nitrogens with two attached hydrogens (primary N) is 1. The van der Waals surface area contributed by atoms with Crippen LogP contribution in [0, 0.1) is 5.41 Å². The second kappa shape index (κ2) is 6.36. The molecule has 0 unspecified atom stereocenters. The minimum atomic E-state index is -0.834. The second-order valence-electron chi connectivity index (χ2n) is 5.10. The maximum atomic E-state index is 12.4. The summed E-state index contributed by atoms with van der Waals surface area (Å²) >= 11 is 0. The maximum absolute atomic E-state index is 12.4. The first kappa shape index (κ1) is 14.3. The molecular formula is C14H20N4O2. The SMILES string of the molecule is NC(=NO)C1(C(=O)NCCc2ccccn2)CCCC1. The van der Waals surface area contributed by atoms with E-state index in [-0.39, 0.29) is 11.7 Å². The zero-order chi connectivity index (χ0) is 14.4. The average Bonchev–Trinajstić information content (AvgIpc) is 2.98. The highest BCUT2D eigenvalue weighted by atomic mass is 16.4. The molecule has 1 aromatic heterocycles. The highest BCUT2D eigenvalue weighted by molar-refractivity contribution is 6.07. The number of oxime groups is 1. The van der Waals surface area contributed by atoms with Crippen LogP contribution in [-0.2, 0) is 11.2 Å². The van der Waals surface area contributed by atoms with Gasteiger partial charge in [0.05, 0.1) is 0 Å². The summed E-state index contributed by atoms with van der Waals surface area (Å²) in [5.41, 5.74) is 5.82. The van der Waals surface area contributed by atoms with Gasteiger partial charge in [0, 0.05) is 24.9 Å². The number of pyridine rings is 1. The molecule has 1 saturated carbocycles. The van der Waals surface area contributed by atoms with Crippen LogP contribution < -0.4 is 11.1 Å². The number of aromatic nitrogens is 1. The molecule has 1 amide bonds. The molecule has 1 aliphatic rings. The minimum absolute atomic E-state index is 0.0188. The van der Waals surface area contributed by atoms with E-state index in [0.29, 0.717) is 25.8 Å². The van der Waals surface area contributed by atoms with Crippen LogP contribution in [0.15, 0.2) is 29.6 Å². The van der Waals surface area contributed by atoms with Crippen molar-refractivity contribution in [1.29, 1.82) is 0 Å². The number of carbonyl (C=O) groups excluding carboxylic acids is 1. The molecule has 4 N–H and O–H groups in total. The van der Waals surface area contributed by atoms with Gasteiger partial charge in [0.2, 0.25) is 5.91 Å². The topological polar surface area (TPSA) is 101 Å². The van der Waals surface area contributed by atoms with Crippen molar-refractivity contribution in [2.75, 3.05) is 6.54 Å². The van der Waals surface area contributed by atoms with Crippen LogP contribution in [-0.4, -0.2) is 28.5 Å². The number of amidine groups is 1. The molecule has 1 heterocycles. The smallest absolute Gasteiger partial charge is 0.233 e. The van der Waals surface area contributed by atoms with Gasteiger partial charge in [-0.3, -0.25) is 9.78 Å². The van der Waals surface area contributed by atoms with Crippen molar-refractivity contribution in [2.45, 2.75) is 32.1 Å². The molecule has 2 rings (SSSR count). The third-order valence-electron chi connectivity index (χ3n) is 3.88. The van der Waals surface area contributed by atoms with E-state index in [1.54, 1.807) is 6.20 Å². The first-order valence-electron chi connectivity index (χ1n) is 6.85. The lowest BCUT2D eigenvalue weighted by Crippen LogP contribution is -2.48. The molecule has 6 heteroatoms. The van der Waals surface area contributed by atoms with Crippen LogP contribution in [0.25, 0.3) is 0 Å². The van der Waals surface area contributed by atoms with Crippen LogP contribution in [0.2, 0.25) is 0 Å². The molecule has 0 aromatic carbocycles. The molecule has 0 atom stereocenters. The number of nitrogens with one attached hydrogen (secondary N) is 1. The molecule has 1 fully saturated rings. The van der Waals surface area contributed by atoms with Crippen LogP contribution >= 0.6 is 0 Å². The molecule has 0 radical (unpaired) electrons. The molecule has 20 heavy (non-hydrogen) atoms. The number of hydrogen-bond donors (Lipinski definition) is 3. The van der Waals surface area contributed by atoms with Gasteiger partial charge in [0.1, 0.15) is 5.41 Å². The monoisotopic (exact) mass is 276 g/mol. The molecule has 108 valence electrons. The number of nitrogens with zero attached hydrogens (tertiary/aromatic N) is 2. The summed E-state index contributed by atoms with van der Waals surface area (Å²) in [5.74, 6) is -0.133. The quantitative estimate of drug-likeness (QED) is 0.324. The lowest BCUT2D eigenvalue weighted by Gasteiger charge is -2.25. The van der Waals surface area contributed by atoms with Crippen molar-refractivity contribution in [1.82, 2.24) is 10.3 Å². The van der Waals surface area contributed by atoms with E-state index in [0.717, 1.165) is 18.5 Å². The Kier molecular flexibility index (Phi) is 4.55. The summed E-state index contributed by atoms with van der Waals surface area (Å²) in [7, 11) is 0. The predicted octanol–water partition coefficient (Wildman–Crippen LogP) is 1.05. The molecule has 0 bridgehead atoms. The predicted molar refractivity (Wildman–Crippen MR) is 75.3 cm³/mol. The Hall–Kier alpha value is -2.11. The van der Waals surface area contributed by atoms with Crippen molar-refractivity contribution in [2.24, 2.45) is 16.3 Å². The van der Waals surface area contributed by atoms with E-state index < -0.39 is 5.41 Å². The van der Waals surface area contributed by atoms with Crippen molar-refractivity contribution >= 4 is 11.7 Å². The van der Waals surface area contributed by atoms with Gasteiger partial charge in [0.15, 0.2) is 5.84 Å². The Morgan fingerprint density at radius 3 is 2.80 bits per heavy atom. The highest BCUT2D eigenvalue weighted by Crippen LogP contribution is 2.38. The Morgan fingerprint density at radius 1 is 1.45 bits per heavy atom. The van der Waals surface area contributed by atoms with Gasteiger partial charge in [-0.15, -0.1) is 0 Å². The minimum Gasteiger partial charge on any atom is -0.409 e. The summed E-state index contributed by atoms with van der Waals surface area (Å²) in [4.78, 5) is 16.6. The van der Waals surface area contributed by atoms with Gasteiger partial charge < -0.3 is 16.3 Å². The van der Waals surface area contributed by atoms with E-state index in [1.807, 2.05) is 18.2 Å². The zero-order valence-corrected chi connectivity index (χ0v) is 11.4. The fraction of sp³-hybridized carbons (Fsp3) is 0.500. The molecule has 0 aliphatic heterocycles. The summed E-state index contributed by atoms with van der Waals surface area (Å²) < 4.78 is 0. The van der Waals surface area contributed by atoms with E-state index in [9.17, 15) is 4.79 Å². The summed E-state index contributed by atoms with van der Waals surface area (Å²) in [5, 5.41) is 14.8. The molecule has 0 spiro atoms. The summed E-state index contributed by atoms with van der Waals surface area (Å²) in [6.45, 7) is 0.496. The van der Waals surface area contributed by atoms with E-state index in [4.69, 9.17) is 10.9 Å². The standard InChI is InChI=1S/C14H20N4O2/c15-12(18-20)14(7-2-3-8-14)13(19)17-10-6-11-5-1-4-9-16-11/h1,4-5,9,20H,2-3,6-8,10H2,(H2,15,18)(H,17,19). The van der Waals surface area contributed by atoms with Crippen molar-refractivity contribution in [3.63, 3.8) is 0 Å². The van der Waals surface area contributed by atoms with E-state index in [1.165, 1.54) is 0 Å². The van der Waals surface area contributed by atoms with Gasteiger partial charge in [-0.05, 0) is 25.0 Å². The third kappa shape index (κ3) is 2.89. The Labute approximate surface area is 118 Å². The van der Waals surface area contributed by atoms with Crippen molar-refractivity contribution < 1.29 is 10.0 Å². The summed E-state index contributed by atoms with van der Waals surface area (Å²) in [6.07, 6.45) is 5.51. The Balaban J connectivity index is 1.93. The van der Waals surface area contributed by atoms with Crippen molar-refractivity contribution in [3.8, 4) is 0 Å². The summed E-state index contributed by atoms with van der Waals surface area (Å²) in [6, 6.07) is 5.69. The van der Waals surface area contributed by atoms with Crippen LogP contribution in [0.3, 0.4) is 0 Å². The van der Waals surface area contributed by atoms with Gasteiger partial charge in [-0.25, -0.2) is 0 Å². The lowest BCUT2D eigenvalue weighted by atomic mass is 9.84. The largest absolute Gasteiger partial charge is 0.409 e. The third-order valence-corrected chi connectivity index (χ3v) is 3.88. The molecular weight excluding hydrogens is 256 g/mol. The van der Waals surface area contributed by atoms with Gasteiger partial charge in [-0.2, -0.15) is 0 Å². The normalized spacial score (nSPS) is 17.9. The van der Waals surface area contributed by atoms with Crippen LogP contribution in [0.4, 0.5) is 0 Å². The van der Waals surface area contributed by atoms with Gasteiger partial charge >= 0.3 is 0 Å². The van der Waals surface area contributed by atoms with Gasteiger partial charge in [-0.1, -0.05) is 24.1 Å².